The minimum absolute atomic E-state index is 0.552. The van der Waals surface area contributed by atoms with Crippen LogP contribution < -0.4 is 10.6 Å². The van der Waals surface area contributed by atoms with Crippen molar-refractivity contribution in [2.45, 2.75) is 95.2 Å². The van der Waals surface area contributed by atoms with Gasteiger partial charge in [0.05, 0.1) is 6.26 Å². The molecule has 2 saturated carbocycles. The lowest BCUT2D eigenvalue weighted by Crippen LogP contribution is -2.52. The lowest BCUT2D eigenvalue weighted by molar-refractivity contribution is 0.150. The summed E-state index contributed by atoms with van der Waals surface area (Å²) in [5, 5.41) is 7.52. The molecule has 0 radical (unpaired) electrons. The Kier molecular flexibility index (Phi) is 7.31. The van der Waals surface area contributed by atoms with E-state index in [0.29, 0.717) is 12.1 Å². The van der Waals surface area contributed by atoms with Gasteiger partial charge in [-0.1, -0.05) is 32.1 Å². The monoisotopic (exact) mass is 386 g/mol. The molecule has 1 aliphatic heterocycles. The molecule has 0 amide bonds. The molecule has 156 valence electrons. The zero-order chi connectivity index (χ0) is 19.0. The van der Waals surface area contributed by atoms with Crippen LogP contribution in [0.1, 0.15) is 76.4 Å². The van der Waals surface area contributed by atoms with Crippen LogP contribution in [0.5, 0.6) is 0 Å². The number of hydrogen-bond donors (Lipinski definition) is 2. The van der Waals surface area contributed by atoms with Crippen molar-refractivity contribution < 1.29 is 4.42 Å². The van der Waals surface area contributed by atoms with E-state index >= 15 is 0 Å². The van der Waals surface area contributed by atoms with Gasteiger partial charge in [0.2, 0.25) is 0 Å². The molecule has 1 saturated heterocycles. The zero-order valence-electron chi connectivity index (χ0n) is 17.4. The summed E-state index contributed by atoms with van der Waals surface area (Å²) in [5.41, 5.74) is 0. The highest BCUT2D eigenvalue weighted by molar-refractivity contribution is 5.80. The van der Waals surface area contributed by atoms with E-state index in [4.69, 9.17) is 9.41 Å². The molecular weight excluding hydrogens is 348 g/mol. The third-order valence-corrected chi connectivity index (χ3v) is 6.87. The fraction of sp³-hybridized carbons (Fsp3) is 0.783. The van der Waals surface area contributed by atoms with Gasteiger partial charge in [0.15, 0.2) is 5.96 Å². The molecule has 0 aromatic carbocycles. The van der Waals surface area contributed by atoms with E-state index in [-0.39, 0.29) is 0 Å². The number of nitrogens with zero attached hydrogens (tertiary/aromatic N) is 2. The van der Waals surface area contributed by atoms with Crippen LogP contribution in [-0.2, 0) is 6.42 Å². The van der Waals surface area contributed by atoms with Gasteiger partial charge < -0.3 is 20.0 Å². The quantitative estimate of drug-likeness (QED) is 0.571. The first-order chi connectivity index (χ1) is 13.9. The molecule has 2 N–H and O–H groups in total. The summed E-state index contributed by atoms with van der Waals surface area (Å²) in [6.07, 6.45) is 17.4. The van der Waals surface area contributed by atoms with Crippen LogP contribution >= 0.6 is 0 Å². The number of furan rings is 1. The maximum Gasteiger partial charge on any atom is 0.191 e. The van der Waals surface area contributed by atoms with Crippen molar-refractivity contribution in [1.82, 2.24) is 15.5 Å². The Bertz CT molecular complexity index is 580. The second-order valence-electron chi connectivity index (χ2n) is 8.93. The van der Waals surface area contributed by atoms with Crippen molar-refractivity contribution in [3.05, 3.63) is 24.2 Å². The van der Waals surface area contributed by atoms with Gasteiger partial charge in [0, 0.05) is 44.2 Å². The highest BCUT2D eigenvalue weighted by atomic mass is 16.3. The van der Waals surface area contributed by atoms with E-state index in [2.05, 4.69) is 15.5 Å². The van der Waals surface area contributed by atoms with Crippen molar-refractivity contribution in [2.24, 2.45) is 4.99 Å². The molecule has 5 heteroatoms. The molecule has 28 heavy (non-hydrogen) atoms. The fourth-order valence-electron chi connectivity index (χ4n) is 5.18. The van der Waals surface area contributed by atoms with Gasteiger partial charge in [-0.3, -0.25) is 4.99 Å². The van der Waals surface area contributed by atoms with Gasteiger partial charge in [0.1, 0.15) is 5.76 Å². The van der Waals surface area contributed by atoms with E-state index in [1.165, 1.54) is 83.7 Å². The molecule has 3 aliphatic rings. The van der Waals surface area contributed by atoms with E-state index in [9.17, 15) is 0 Å². The molecule has 3 fully saturated rings. The summed E-state index contributed by atoms with van der Waals surface area (Å²) in [4.78, 5) is 7.65. The summed E-state index contributed by atoms with van der Waals surface area (Å²) < 4.78 is 5.46. The SMILES string of the molecule is c1coc(CCN=C(NC2CCCCC2)NC2CCN(C3CCCC3)CC2)c1. The number of likely N-dealkylation sites (tertiary alicyclic amines) is 1. The Morgan fingerprint density at radius 1 is 0.929 bits per heavy atom. The van der Waals surface area contributed by atoms with E-state index in [1.807, 2.05) is 12.1 Å². The van der Waals surface area contributed by atoms with Gasteiger partial charge in [-0.05, 0) is 50.7 Å². The first-order valence-electron chi connectivity index (χ1n) is 11.7. The number of rotatable bonds is 6. The number of nitrogens with one attached hydrogen (secondary N) is 2. The molecule has 0 bridgehead atoms. The third kappa shape index (κ3) is 5.76. The molecule has 0 spiro atoms. The van der Waals surface area contributed by atoms with E-state index in [0.717, 1.165) is 30.7 Å². The normalized spacial score (nSPS) is 23.9. The minimum atomic E-state index is 0.552. The lowest BCUT2D eigenvalue weighted by atomic mass is 9.95. The predicted molar refractivity (Wildman–Crippen MR) is 115 cm³/mol. The maximum atomic E-state index is 5.46. The minimum Gasteiger partial charge on any atom is -0.469 e. The summed E-state index contributed by atoms with van der Waals surface area (Å²) in [6, 6.07) is 5.99. The number of aliphatic imine (C=N–C) groups is 1. The second-order valence-corrected chi connectivity index (χ2v) is 8.93. The van der Waals surface area contributed by atoms with Crippen molar-refractivity contribution in [1.29, 1.82) is 0 Å². The molecular formula is C23H38N4O. The van der Waals surface area contributed by atoms with Crippen molar-refractivity contribution in [3.8, 4) is 0 Å². The number of piperidine rings is 1. The number of hydrogen-bond acceptors (Lipinski definition) is 3. The molecule has 2 aliphatic carbocycles. The van der Waals surface area contributed by atoms with Crippen LogP contribution in [0.4, 0.5) is 0 Å². The van der Waals surface area contributed by atoms with Gasteiger partial charge in [0.25, 0.3) is 0 Å². The Labute approximate surface area is 170 Å². The molecule has 1 aromatic heterocycles. The molecule has 0 atom stereocenters. The standard InChI is InChI=1S/C23H38N4O/c1-2-7-19(8-3-1)25-23(24-15-12-22-11-6-18-28-22)26-20-13-16-27(17-14-20)21-9-4-5-10-21/h6,11,18-21H,1-5,7-10,12-17H2,(H2,24,25,26). The zero-order valence-corrected chi connectivity index (χ0v) is 17.4. The highest BCUT2D eigenvalue weighted by Crippen LogP contribution is 2.26. The maximum absolute atomic E-state index is 5.46. The molecule has 0 unspecified atom stereocenters. The molecule has 5 nitrogen and oxygen atoms in total. The Morgan fingerprint density at radius 3 is 2.29 bits per heavy atom. The number of guanidine groups is 1. The van der Waals surface area contributed by atoms with E-state index < -0.39 is 0 Å². The van der Waals surface area contributed by atoms with E-state index in [1.54, 1.807) is 6.26 Å². The third-order valence-electron chi connectivity index (χ3n) is 6.87. The fourth-order valence-corrected chi connectivity index (χ4v) is 5.18. The molecule has 4 rings (SSSR count). The predicted octanol–water partition coefficient (Wildman–Crippen LogP) is 4.10. The lowest BCUT2D eigenvalue weighted by Gasteiger charge is -2.37. The average Bonchev–Trinajstić information content (AvgIpc) is 3.44. The molecule has 2 heterocycles. The van der Waals surface area contributed by atoms with Crippen molar-refractivity contribution in [2.75, 3.05) is 19.6 Å². The van der Waals surface area contributed by atoms with Gasteiger partial charge in [-0.2, -0.15) is 0 Å². The summed E-state index contributed by atoms with van der Waals surface area (Å²) in [7, 11) is 0. The van der Waals surface area contributed by atoms with Crippen LogP contribution in [0.25, 0.3) is 0 Å². The van der Waals surface area contributed by atoms with Crippen LogP contribution in [0.3, 0.4) is 0 Å². The Morgan fingerprint density at radius 2 is 1.61 bits per heavy atom. The smallest absolute Gasteiger partial charge is 0.191 e. The Hall–Kier alpha value is -1.49. The van der Waals surface area contributed by atoms with Gasteiger partial charge in [-0.15, -0.1) is 0 Å². The second kappa shape index (κ2) is 10.3. The topological polar surface area (TPSA) is 52.8 Å². The molecule has 1 aromatic rings. The van der Waals surface area contributed by atoms with Crippen molar-refractivity contribution in [3.63, 3.8) is 0 Å². The first-order valence-corrected chi connectivity index (χ1v) is 11.7. The first kappa shape index (κ1) is 19.8. The van der Waals surface area contributed by atoms with Crippen LogP contribution in [-0.4, -0.2) is 48.6 Å². The van der Waals surface area contributed by atoms with Crippen LogP contribution in [0, 0.1) is 0 Å². The highest BCUT2D eigenvalue weighted by Gasteiger charge is 2.27. The van der Waals surface area contributed by atoms with Crippen molar-refractivity contribution >= 4 is 5.96 Å². The largest absolute Gasteiger partial charge is 0.469 e. The van der Waals surface area contributed by atoms with Gasteiger partial charge >= 0.3 is 0 Å². The summed E-state index contributed by atoms with van der Waals surface area (Å²) in [6.45, 7) is 3.26. The summed E-state index contributed by atoms with van der Waals surface area (Å²) >= 11 is 0. The Balaban J connectivity index is 1.29. The summed E-state index contributed by atoms with van der Waals surface area (Å²) in [5.74, 6) is 2.04. The van der Waals surface area contributed by atoms with Crippen LogP contribution in [0.15, 0.2) is 27.8 Å². The average molecular weight is 387 g/mol. The van der Waals surface area contributed by atoms with Crippen LogP contribution in [0.2, 0.25) is 0 Å². The van der Waals surface area contributed by atoms with Gasteiger partial charge in [-0.25, -0.2) is 0 Å².